The van der Waals surface area contributed by atoms with Crippen LogP contribution in [-0.4, -0.2) is 8.42 Å². The van der Waals surface area contributed by atoms with E-state index in [2.05, 4.69) is 0 Å². The predicted octanol–water partition coefficient (Wildman–Crippen LogP) is 1.16. The number of hydrogen-bond acceptors (Lipinski definition) is 7. The van der Waals surface area contributed by atoms with Crippen molar-refractivity contribution in [2.45, 2.75) is 4.90 Å². The van der Waals surface area contributed by atoms with E-state index in [4.69, 9.17) is 11.3 Å². The number of fused-ring (bicyclic) bond motifs is 2. The molecule has 2 aromatic heterocycles. The summed E-state index contributed by atoms with van der Waals surface area (Å²) in [5.74, 6) is -2.24. The van der Waals surface area contributed by atoms with Gasteiger partial charge in [-0.25, -0.2) is 18.4 Å². The first-order valence-corrected chi connectivity index (χ1v) is 14.3. The number of halogens is 3. The second-order valence-corrected chi connectivity index (χ2v) is 13.7. The Morgan fingerprint density at radius 1 is 0.686 bits per heavy atom. The molecule has 0 bridgehead atoms. The van der Waals surface area contributed by atoms with Crippen LogP contribution in [0.1, 0.15) is 0 Å². The Labute approximate surface area is 203 Å². The van der Waals surface area contributed by atoms with Crippen LogP contribution < -0.4 is 31.5 Å². The average molecular weight is 610 g/mol. The molecule has 0 N–H and O–H groups in total. The normalized spacial score (nSPS) is 12.0. The molecule has 0 aliphatic carbocycles. The third-order valence-corrected chi connectivity index (χ3v) is 12.1. The fourth-order valence-corrected chi connectivity index (χ4v) is 10.3. The summed E-state index contributed by atoms with van der Waals surface area (Å²) in [5.41, 5.74) is -0.772. The topological polar surface area (TPSA) is 104 Å². The monoisotopic (exact) mass is 610 g/mol. The van der Waals surface area contributed by atoms with Crippen molar-refractivity contribution in [2.24, 2.45) is 0 Å². The summed E-state index contributed by atoms with van der Waals surface area (Å²) >= 11 is -3.43. The number of rotatable bonds is 5. The van der Waals surface area contributed by atoms with Gasteiger partial charge in [-0.15, -0.1) is 0 Å². The Morgan fingerprint density at radius 3 is 1.71 bits per heavy atom. The highest BCUT2D eigenvalue weighted by Crippen LogP contribution is 2.17. The van der Waals surface area contributed by atoms with Gasteiger partial charge in [0.05, 0.1) is 0 Å². The van der Waals surface area contributed by atoms with Gasteiger partial charge >= 0.3 is 41.6 Å². The van der Waals surface area contributed by atoms with Gasteiger partial charge in [0.15, 0.2) is 7.14 Å². The van der Waals surface area contributed by atoms with Crippen molar-refractivity contribution in [3.63, 3.8) is 0 Å². The molecule has 0 saturated heterocycles. The maximum absolute atomic E-state index is 14.3. The molecule has 0 aliphatic rings. The zero-order valence-electron chi connectivity index (χ0n) is 17.4. The first-order chi connectivity index (χ1) is 16.7. The van der Waals surface area contributed by atoms with Gasteiger partial charge < -0.3 is 8.83 Å². The standard InChI is InChI=1S/C24H13F2IO7S/c25-16-5-8-22(19(26)11-16)35(30,31)34-27(17-6-1-14-3-9-23(28)32-20(14)12-17)18-7-2-15-4-10-24(29)33-21(15)13-18/h1-13H/q+1. The molecule has 5 rings (SSSR count). The maximum atomic E-state index is 14.3. The summed E-state index contributed by atoms with van der Waals surface area (Å²) < 4.78 is 70.7. The molecule has 0 fully saturated rings. The lowest BCUT2D eigenvalue weighted by Gasteiger charge is -2.08. The van der Waals surface area contributed by atoms with Crippen molar-refractivity contribution in [1.29, 1.82) is 0 Å². The Bertz CT molecular complexity index is 1740. The van der Waals surface area contributed by atoms with Crippen LogP contribution in [0.3, 0.4) is 0 Å². The second kappa shape index (κ2) is 8.98. The SMILES string of the molecule is O=c1ccc2ccc([I+](OS(=O)(=O)c3ccc(F)cc3F)c3ccc4ccc(=O)oc4c3)cc2o1. The first kappa shape index (κ1) is 23.3. The molecule has 2 heterocycles. The van der Waals surface area contributed by atoms with Crippen molar-refractivity contribution < 1.29 is 48.8 Å². The Hall–Kier alpha value is -3.42. The molecule has 177 valence electrons. The van der Waals surface area contributed by atoms with Crippen LogP contribution in [0.2, 0.25) is 0 Å². The van der Waals surface area contributed by atoms with Crippen LogP contribution in [-0.2, 0) is 12.6 Å². The highest BCUT2D eigenvalue weighted by Gasteiger charge is 2.39. The van der Waals surface area contributed by atoms with Crippen molar-refractivity contribution >= 4 is 32.1 Å². The van der Waals surface area contributed by atoms with E-state index in [1.807, 2.05) is 0 Å². The van der Waals surface area contributed by atoms with Gasteiger partial charge in [0.1, 0.15) is 27.7 Å². The highest BCUT2D eigenvalue weighted by atomic mass is 127. The smallest absolute Gasteiger partial charge is 0.339 e. The van der Waals surface area contributed by atoms with E-state index >= 15 is 0 Å². The van der Waals surface area contributed by atoms with Gasteiger partial charge in [0.25, 0.3) is 0 Å². The first-order valence-electron chi connectivity index (χ1n) is 9.87. The van der Waals surface area contributed by atoms with Crippen LogP contribution in [0.5, 0.6) is 0 Å². The lowest BCUT2D eigenvalue weighted by atomic mass is 10.2. The van der Waals surface area contributed by atoms with E-state index in [-0.39, 0.29) is 11.2 Å². The molecular weight excluding hydrogens is 597 g/mol. The molecule has 3 aromatic carbocycles. The summed E-state index contributed by atoms with van der Waals surface area (Å²) in [6, 6.07) is 17.1. The molecule has 11 heteroatoms. The summed E-state index contributed by atoms with van der Waals surface area (Å²) in [5, 5.41) is 1.20. The quantitative estimate of drug-likeness (QED) is 0.218. The fraction of sp³-hybridized carbons (Fsp3) is 0. The Balaban J connectivity index is 1.68. The lowest BCUT2D eigenvalue weighted by molar-refractivity contribution is -1.03. The Kier molecular flexibility index (Phi) is 5.99. The van der Waals surface area contributed by atoms with Crippen molar-refractivity contribution in [3.05, 3.63) is 118 Å². The fourth-order valence-electron chi connectivity index (χ4n) is 3.28. The van der Waals surface area contributed by atoms with E-state index in [1.165, 1.54) is 24.3 Å². The maximum Gasteiger partial charge on any atom is 0.339 e. The minimum atomic E-state index is -4.68. The van der Waals surface area contributed by atoms with Crippen molar-refractivity contribution in [2.75, 3.05) is 0 Å². The zero-order chi connectivity index (χ0) is 24.7. The molecule has 0 unspecified atom stereocenters. The average Bonchev–Trinajstić information content (AvgIpc) is 2.81. The molecule has 35 heavy (non-hydrogen) atoms. The van der Waals surface area contributed by atoms with Gasteiger partial charge in [-0.2, -0.15) is 8.42 Å². The predicted molar refractivity (Wildman–Crippen MR) is 117 cm³/mol. The summed E-state index contributed by atoms with van der Waals surface area (Å²) in [4.78, 5) is 22.6. The van der Waals surface area contributed by atoms with Crippen LogP contribution in [0, 0.1) is 18.8 Å². The minimum absolute atomic E-state index is 0.207. The van der Waals surface area contributed by atoms with Crippen molar-refractivity contribution in [1.82, 2.24) is 0 Å². The highest BCUT2D eigenvalue weighted by molar-refractivity contribution is 7.86. The third-order valence-electron chi connectivity index (χ3n) is 4.88. The molecule has 0 atom stereocenters. The molecule has 7 nitrogen and oxygen atoms in total. The summed E-state index contributed by atoms with van der Waals surface area (Å²) in [6.07, 6.45) is 0. The van der Waals surface area contributed by atoms with Crippen LogP contribution in [0.4, 0.5) is 8.78 Å². The molecule has 0 saturated carbocycles. The third kappa shape index (κ3) is 4.74. The minimum Gasteiger partial charge on any atom is -0.423 e. The van der Waals surface area contributed by atoms with Crippen LogP contribution in [0.15, 0.2) is 102 Å². The largest absolute Gasteiger partial charge is 0.423 e. The van der Waals surface area contributed by atoms with Crippen molar-refractivity contribution in [3.8, 4) is 0 Å². The van der Waals surface area contributed by atoms with Gasteiger partial charge in [-0.3, -0.25) is 0 Å². The van der Waals surface area contributed by atoms with E-state index in [0.29, 0.717) is 24.0 Å². The zero-order valence-corrected chi connectivity index (χ0v) is 20.4. The number of benzene rings is 3. The lowest BCUT2D eigenvalue weighted by Crippen LogP contribution is -3.85. The van der Waals surface area contributed by atoms with E-state index < -0.39 is 58.1 Å². The molecule has 5 aromatic rings. The van der Waals surface area contributed by atoms with Gasteiger partial charge in [-0.1, -0.05) is 0 Å². The molecule has 0 spiro atoms. The summed E-state index contributed by atoms with van der Waals surface area (Å²) in [7, 11) is -4.68. The van der Waals surface area contributed by atoms with E-state index in [1.54, 1.807) is 36.4 Å². The Morgan fingerprint density at radius 2 is 1.20 bits per heavy atom. The van der Waals surface area contributed by atoms with Crippen LogP contribution >= 0.6 is 0 Å². The van der Waals surface area contributed by atoms with E-state index in [9.17, 15) is 26.8 Å². The van der Waals surface area contributed by atoms with Crippen LogP contribution in [0.25, 0.3) is 21.9 Å². The molecule has 1 radical (unpaired) electrons. The number of hydrogen-bond donors (Lipinski definition) is 0. The van der Waals surface area contributed by atoms with E-state index in [0.717, 1.165) is 12.1 Å². The second-order valence-electron chi connectivity index (χ2n) is 7.21. The van der Waals surface area contributed by atoms with Gasteiger partial charge in [0, 0.05) is 41.1 Å². The molecule has 0 amide bonds. The van der Waals surface area contributed by atoms with Gasteiger partial charge in [0.2, 0.25) is 0 Å². The van der Waals surface area contributed by atoms with Gasteiger partial charge in [-0.05, 0) is 51.0 Å². The molecule has 0 aliphatic heterocycles. The summed E-state index contributed by atoms with van der Waals surface area (Å²) in [6.45, 7) is 0. The molecular formula is C24H13F2IO7S+.